The number of hydrogen-bond acceptors (Lipinski definition) is 5. The van der Waals surface area contributed by atoms with E-state index in [0.29, 0.717) is 24.6 Å². The molecule has 1 aromatic rings. The second-order valence-corrected chi connectivity index (χ2v) is 5.22. The van der Waals surface area contributed by atoms with Gasteiger partial charge in [-0.1, -0.05) is 5.16 Å². The summed E-state index contributed by atoms with van der Waals surface area (Å²) in [5, 5.41) is 12.6. The summed E-state index contributed by atoms with van der Waals surface area (Å²) in [6.07, 6.45) is 1.93. The van der Waals surface area contributed by atoms with Crippen molar-refractivity contribution in [1.29, 1.82) is 0 Å². The highest BCUT2D eigenvalue weighted by atomic mass is 16.5. The van der Waals surface area contributed by atoms with E-state index in [0.717, 1.165) is 12.8 Å². The van der Waals surface area contributed by atoms with Gasteiger partial charge in [-0.2, -0.15) is 0 Å². The maximum atomic E-state index is 12.3. The molecule has 7 nitrogen and oxygen atoms in total. The zero-order chi connectivity index (χ0) is 15.2. The quantitative estimate of drug-likeness (QED) is 0.807. The second-order valence-electron chi connectivity index (χ2n) is 5.22. The summed E-state index contributed by atoms with van der Waals surface area (Å²) in [4.78, 5) is 24.6. The third kappa shape index (κ3) is 4.86. The Labute approximate surface area is 122 Å². The maximum absolute atomic E-state index is 12.3. The normalized spacial score (nSPS) is 17.9. The van der Waals surface area contributed by atoms with Crippen LogP contribution in [-0.2, 0) is 20.7 Å². The first-order valence-corrected chi connectivity index (χ1v) is 7.08. The molecule has 7 heteroatoms. The van der Waals surface area contributed by atoms with E-state index in [4.69, 9.17) is 14.4 Å². The number of rotatable bonds is 7. The van der Waals surface area contributed by atoms with Gasteiger partial charge in [0.25, 0.3) is 0 Å². The average molecular weight is 296 g/mol. The monoisotopic (exact) mass is 296 g/mol. The molecular formula is C14H20N2O5. The number of aromatic nitrogens is 1. The Kier molecular flexibility index (Phi) is 5.32. The third-order valence-corrected chi connectivity index (χ3v) is 3.41. The summed E-state index contributed by atoms with van der Waals surface area (Å²) in [6.45, 7) is 3.08. The van der Waals surface area contributed by atoms with Crippen molar-refractivity contribution in [2.75, 3.05) is 19.7 Å². The Morgan fingerprint density at radius 3 is 2.90 bits per heavy atom. The highest BCUT2D eigenvalue weighted by molar-refractivity contribution is 5.79. The van der Waals surface area contributed by atoms with Gasteiger partial charge in [0.15, 0.2) is 0 Å². The summed E-state index contributed by atoms with van der Waals surface area (Å²) in [7, 11) is 0. The Balaban J connectivity index is 1.94. The van der Waals surface area contributed by atoms with Gasteiger partial charge in [0.2, 0.25) is 5.91 Å². The molecule has 1 amide bonds. The van der Waals surface area contributed by atoms with Crippen molar-refractivity contribution >= 4 is 11.9 Å². The number of carbonyl (C=O) groups excluding carboxylic acids is 1. The zero-order valence-electron chi connectivity index (χ0n) is 12.1. The fourth-order valence-corrected chi connectivity index (χ4v) is 2.35. The van der Waals surface area contributed by atoms with Crippen LogP contribution >= 0.6 is 0 Å². The molecule has 0 aromatic carbocycles. The third-order valence-electron chi connectivity index (χ3n) is 3.41. The van der Waals surface area contributed by atoms with E-state index < -0.39 is 5.97 Å². The molecule has 1 aromatic heterocycles. The largest absolute Gasteiger partial charge is 0.481 e. The molecule has 1 saturated heterocycles. The van der Waals surface area contributed by atoms with Gasteiger partial charge in [-0.15, -0.1) is 0 Å². The number of carboxylic acid groups (broad SMARTS) is 1. The van der Waals surface area contributed by atoms with Crippen molar-refractivity contribution in [3.05, 3.63) is 17.5 Å². The summed E-state index contributed by atoms with van der Waals surface area (Å²) in [6, 6.07) is 1.71. The van der Waals surface area contributed by atoms with Crippen LogP contribution in [0.4, 0.5) is 0 Å². The van der Waals surface area contributed by atoms with Gasteiger partial charge in [0.1, 0.15) is 5.76 Å². The molecule has 1 unspecified atom stereocenters. The van der Waals surface area contributed by atoms with E-state index in [1.165, 1.54) is 0 Å². The minimum Gasteiger partial charge on any atom is -0.481 e. The summed E-state index contributed by atoms with van der Waals surface area (Å²) < 4.78 is 10.5. The van der Waals surface area contributed by atoms with Crippen LogP contribution in [0.3, 0.4) is 0 Å². The van der Waals surface area contributed by atoms with Gasteiger partial charge in [0.05, 0.1) is 24.6 Å². The van der Waals surface area contributed by atoms with Crippen LogP contribution in [0.1, 0.15) is 30.7 Å². The molecule has 116 valence electrons. The maximum Gasteiger partial charge on any atom is 0.305 e. The first-order valence-electron chi connectivity index (χ1n) is 7.08. The van der Waals surface area contributed by atoms with Crippen LogP contribution in [0.15, 0.2) is 10.6 Å². The molecular weight excluding hydrogens is 276 g/mol. The van der Waals surface area contributed by atoms with Crippen molar-refractivity contribution in [2.45, 2.75) is 38.7 Å². The van der Waals surface area contributed by atoms with E-state index in [2.05, 4.69) is 5.16 Å². The molecule has 1 atom stereocenters. The Hall–Kier alpha value is -1.89. The molecule has 21 heavy (non-hydrogen) atoms. The average Bonchev–Trinajstić information content (AvgIpc) is 3.06. The lowest BCUT2D eigenvalue weighted by molar-refractivity contribution is -0.139. The lowest BCUT2D eigenvalue weighted by Crippen LogP contribution is -2.39. The highest BCUT2D eigenvalue weighted by Gasteiger charge is 2.23. The molecule has 2 heterocycles. The molecule has 1 fully saturated rings. The number of carboxylic acids is 1. The fraction of sp³-hybridized carbons (Fsp3) is 0.643. The number of nitrogens with zero attached hydrogens (tertiary/aromatic N) is 2. The summed E-state index contributed by atoms with van der Waals surface area (Å²) in [5.41, 5.74) is 0.560. The van der Waals surface area contributed by atoms with Crippen LogP contribution in [0, 0.1) is 6.92 Å². The van der Waals surface area contributed by atoms with E-state index in [-0.39, 0.29) is 31.4 Å². The van der Waals surface area contributed by atoms with E-state index >= 15 is 0 Å². The van der Waals surface area contributed by atoms with Gasteiger partial charge in [-0.3, -0.25) is 9.59 Å². The van der Waals surface area contributed by atoms with E-state index in [9.17, 15) is 9.59 Å². The first-order chi connectivity index (χ1) is 10.0. The van der Waals surface area contributed by atoms with Gasteiger partial charge < -0.3 is 19.3 Å². The highest BCUT2D eigenvalue weighted by Crippen LogP contribution is 2.14. The predicted octanol–water partition coefficient (Wildman–Crippen LogP) is 1.01. The first kappa shape index (κ1) is 15.5. The number of aliphatic carboxylic acids is 1. The van der Waals surface area contributed by atoms with Crippen molar-refractivity contribution in [3.63, 3.8) is 0 Å². The van der Waals surface area contributed by atoms with Gasteiger partial charge in [0, 0.05) is 25.8 Å². The smallest absolute Gasteiger partial charge is 0.305 e. The lowest BCUT2D eigenvalue weighted by Gasteiger charge is -2.24. The number of aryl methyl sites for hydroxylation is 1. The van der Waals surface area contributed by atoms with Gasteiger partial charge in [-0.25, -0.2) is 0 Å². The number of ether oxygens (including phenoxy) is 1. The lowest BCUT2D eigenvalue weighted by atomic mass is 10.2. The van der Waals surface area contributed by atoms with Crippen molar-refractivity contribution < 1.29 is 24.0 Å². The second kappa shape index (κ2) is 7.21. The Bertz CT molecular complexity index is 493. The molecule has 1 N–H and O–H groups in total. The van der Waals surface area contributed by atoms with E-state index in [1.54, 1.807) is 17.9 Å². The molecule has 0 bridgehead atoms. The van der Waals surface area contributed by atoms with Gasteiger partial charge >= 0.3 is 5.97 Å². The van der Waals surface area contributed by atoms with E-state index in [1.807, 2.05) is 0 Å². The van der Waals surface area contributed by atoms with Crippen LogP contribution in [0.5, 0.6) is 0 Å². The molecule has 0 aliphatic carbocycles. The minimum atomic E-state index is -0.919. The number of carbonyl (C=O) groups is 2. The van der Waals surface area contributed by atoms with Crippen LogP contribution < -0.4 is 0 Å². The summed E-state index contributed by atoms with van der Waals surface area (Å²) >= 11 is 0. The summed E-state index contributed by atoms with van der Waals surface area (Å²) in [5.74, 6) is -0.425. The van der Waals surface area contributed by atoms with Crippen molar-refractivity contribution in [3.8, 4) is 0 Å². The molecule has 0 radical (unpaired) electrons. The zero-order valence-corrected chi connectivity index (χ0v) is 12.1. The molecule has 1 aliphatic heterocycles. The van der Waals surface area contributed by atoms with Gasteiger partial charge in [-0.05, 0) is 19.8 Å². The predicted molar refractivity (Wildman–Crippen MR) is 72.8 cm³/mol. The minimum absolute atomic E-state index is 0.00166. The standard InChI is InChI=1S/C14H20N2O5/c1-10-7-11(15-21-10)8-13(17)16(5-4-14(18)19)9-12-3-2-6-20-12/h7,12H,2-6,8-9H2,1H3,(H,18,19). The number of hydrogen-bond donors (Lipinski definition) is 1. The SMILES string of the molecule is Cc1cc(CC(=O)N(CCC(=O)O)CC2CCCO2)no1. The van der Waals surface area contributed by atoms with Crippen molar-refractivity contribution in [2.24, 2.45) is 0 Å². The molecule has 0 spiro atoms. The Morgan fingerprint density at radius 2 is 2.33 bits per heavy atom. The topological polar surface area (TPSA) is 92.9 Å². The number of amides is 1. The molecule has 0 saturated carbocycles. The van der Waals surface area contributed by atoms with Crippen LogP contribution in [0.2, 0.25) is 0 Å². The Morgan fingerprint density at radius 1 is 1.52 bits per heavy atom. The van der Waals surface area contributed by atoms with Crippen LogP contribution in [0.25, 0.3) is 0 Å². The fourth-order valence-electron chi connectivity index (χ4n) is 2.35. The molecule has 2 rings (SSSR count). The molecule has 1 aliphatic rings. The van der Waals surface area contributed by atoms with Crippen LogP contribution in [-0.4, -0.2) is 52.8 Å². The van der Waals surface area contributed by atoms with Crippen molar-refractivity contribution in [1.82, 2.24) is 10.1 Å².